The van der Waals surface area contributed by atoms with Gasteiger partial charge in [0.05, 0.1) is 0 Å². The van der Waals surface area contributed by atoms with Gasteiger partial charge in [-0.1, -0.05) is 98.3 Å². The molecule has 19 heavy (non-hydrogen) atoms. The highest BCUT2D eigenvalue weighted by Gasteiger charge is 1.97. The molecule has 2 rings (SSSR count). The topological polar surface area (TPSA) is 0 Å². The van der Waals surface area contributed by atoms with Crippen molar-refractivity contribution in [3.63, 3.8) is 0 Å². The quantitative estimate of drug-likeness (QED) is 0.709. The van der Waals surface area contributed by atoms with Gasteiger partial charge in [-0.05, 0) is 13.8 Å². The summed E-state index contributed by atoms with van der Waals surface area (Å²) in [6, 6.07) is 17.1. The van der Waals surface area contributed by atoms with Crippen LogP contribution < -0.4 is 10.9 Å². The van der Waals surface area contributed by atoms with Crippen LogP contribution >= 0.6 is 0 Å². The molecule has 1 radical (unpaired) electrons. The van der Waals surface area contributed by atoms with E-state index < -0.39 is 0 Å². The second kappa shape index (κ2) is 10.4. The van der Waals surface area contributed by atoms with E-state index in [1.54, 1.807) is 0 Å². The SMILES string of the molecule is CC.CC.Cc1ccc([B]c2ccc(C)cc2)cc1. The molecule has 2 aromatic carbocycles. The van der Waals surface area contributed by atoms with Gasteiger partial charge < -0.3 is 0 Å². The highest BCUT2D eigenvalue weighted by molar-refractivity contribution is 6.67. The highest BCUT2D eigenvalue weighted by atomic mass is 13.9. The molecule has 0 bridgehead atoms. The summed E-state index contributed by atoms with van der Waals surface area (Å²) in [5.74, 6) is 0. The zero-order valence-electron chi connectivity index (χ0n) is 13.2. The molecule has 2 aromatic rings. The van der Waals surface area contributed by atoms with Crippen LogP contribution in [0.1, 0.15) is 38.8 Å². The van der Waals surface area contributed by atoms with Crippen LogP contribution in [0.5, 0.6) is 0 Å². The van der Waals surface area contributed by atoms with Gasteiger partial charge in [-0.2, -0.15) is 0 Å². The molecule has 0 aliphatic heterocycles. The van der Waals surface area contributed by atoms with Crippen molar-refractivity contribution in [2.45, 2.75) is 41.5 Å². The maximum atomic E-state index is 2.19. The first-order chi connectivity index (χ1) is 9.24. The number of hydrogen-bond donors (Lipinski definition) is 0. The summed E-state index contributed by atoms with van der Waals surface area (Å²) in [4.78, 5) is 0. The van der Waals surface area contributed by atoms with Crippen LogP contribution in [-0.4, -0.2) is 7.28 Å². The predicted molar refractivity (Wildman–Crippen MR) is 90.1 cm³/mol. The molecular formula is C18H26B. The zero-order chi connectivity index (χ0) is 14.7. The summed E-state index contributed by atoms with van der Waals surface area (Å²) >= 11 is 0. The van der Waals surface area contributed by atoms with Crippen LogP contribution in [0.4, 0.5) is 0 Å². The fraction of sp³-hybridized carbons (Fsp3) is 0.333. The van der Waals surface area contributed by atoms with Crippen LogP contribution in [0, 0.1) is 13.8 Å². The Hall–Kier alpha value is -1.50. The summed E-state index contributed by atoms with van der Waals surface area (Å²) in [5, 5.41) is 0. The van der Waals surface area contributed by atoms with Gasteiger partial charge in [0.25, 0.3) is 0 Å². The van der Waals surface area contributed by atoms with Crippen LogP contribution in [0.3, 0.4) is 0 Å². The average Bonchev–Trinajstić information content (AvgIpc) is 2.48. The van der Waals surface area contributed by atoms with Gasteiger partial charge in [0.15, 0.2) is 7.28 Å². The van der Waals surface area contributed by atoms with E-state index in [1.165, 1.54) is 22.1 Å². The van der Waals surface area contributed by atoms with E-state index in [9.17, 15) is 0 Å². The lowest BCUT2D eigenvalue weighted by Gasteiger charge is -2.01. The summed E-state index contributed by atoms with van der Waals surface area (Å²) < 4.78 is 0. The molecule has 0 heterocycles. The fourth-order valence-electron chi connectivity index (χ4n) is 1.52. The summed E-state index contributed by atoms with van der Waals surface area (Å²) in [6.45, 7) is 12.2. The molecule has 0 unspecified atom stereocenters. The van der Waals surface area contributed by atoms with E-state index >= 15 is 0 Å². The molecule has 0 fully saturated rings. The fourth-order valence-corrected chi connectivity index (χ4v) is 1.52. The summed E-state index contributed by atoms with van der Waals surface area (Å²) in [5.41, 5.74) is 5.11. The van der Waals surface area contributed by atoms with Crippen molar-refractivity contribution in [1.82, 2.24) is 0 Å². The summed E-state index contributed by atoms with van der Waals surface area (Å²) in [7, 11) is 2.19. The van der Waals surface area contributed by atoms with Gasteiger partial charge in [0, 0.05) is 0 Å². The van der Waals surface area contributed by atoms with Gasteiger partial charge in [-0.15, -0.1) is 0 Å². The van der Waals surface area contributed by atoms with Crippen molar-refractivity contribution < 1.29 is 0 Å². The molecular weight excluding hydrogens is 227 g/mol. The Bertz CT molecular complexity index is 383. The van der Waals surface area contributed by atoms with E-state index in [4.69, 9.17) is 0 Å². The van der Waals surface area contributed by atoms with Gasteiger partial charge in [0.1, 0.15) is 0 Å². The van der Waals surface area contributed by atoms with E-state index in [2.05, 4.69) is 69.7 Å². The second-order valence-electron chi connectivity index (χ2n) is 3.97. The molecule has 0 aliphatic rings. The molecule has 0 N–H and O–H groups in total. The smallest absolute Gasteiger partial charge is 0.0814 e. The number of rotatable bonds is 2. The minimum absolute atomic E-state index is 1.25. The Kier molecular flexibility index (Phi) is 9.61. The Morgan fingerprint density at radius 1 is 0.526 bits per heavy atom. The van der Waals surface area contributed by atoms with Crippen LogP contribution in [0.15, 0.2) is 48.5 Å². The minimum Gasteiger partial charge on any atom is -0.0814 e. The molecule has 0 atom stereocenters. The van der Waals surface area contributed by atoms with Crippen molar-refractivity contribution in [3.05, 3.63) is 59.7 Å². The summed E-state index contributed by atoms with van der Waals surface area (Å²) in [6.07, 6.45) is 0. The van der Waals surface area contributed by atoms with E-state index in [0.717, 1.165) is 0 Å². The first-order valence-electron chi connectivity index (χ1n) is 7.22. The van der Waals surface area contributed by atoms with Crippen molar-refractivity contribution in [2.75, 3.05) is 0 Å². The van der Waals surface area contributed by atoms with Gasteiger partial charge >= 0.3 is 0 Å². The van der Waals surface area contributed by atoms with Crippen molar-refractivity contribution in [2.24, 2.45) is 0 Å². The first-order valence-corrected chi connectivity index (χ1v) is 7.22. The molecule has 0 aromatic heterocycles. The van der Waals surface area contributed by atoms with Crippen molar-refractivity contribution >= 4 is 18.2 Å². The Morgan fingerprint density at radius 3 is 1.05 bits per heavy atom. The number of aryl methyl sites for hydroxylation is 2. The van der Waals surface area contributed by atoms with Gasteiger partial charge in [-0.3, -0.25) is 0 Å². The lowest BCUT2D eigenvalue weighted by atomic mass is 9.64. The lowest BCUT2D eigenvalue weighted by molar-refractivity contribution is 1.48. The Balaban J connectivity index is 0.000000741. The molecule has 0 amide bonds. The largest absolute Gasteiger partial charge is 0.191 e. The minimum atomic E-state index is 1.25. The van der Waals surface area contributed by atoms with E-state index in [0.29, 0.717) is 0 Å². The number of benzene rings is 2. The van der Waals surface area contributed by atoms with Crippen LogP contribution in [0.2, 0.25) is 0 Å². The average molecular weight is 253 g/mol. The van der Waals surface area contributed by atoms with Crippen LogP contribution in [0.25, 0.3) is 0 Å². The molecule has 0 spiro atoms. The zero-order valence-corrected chi connectivity index (χ0v) is 13.2. The predicted octanol–water partition coefficient (Wildman–Crippen LogP) is 4.01. The second-order valence-corrected chi connectivity index (χ2v) is 3.97. The maximum absolute atomic E-state index is 2.19. The molecule has 1 heteroatoms. The Morgan fingerprint density at radius 2 is 0.789 bits per heavy atom. The molecule has 0 saturated heterocycles. The first kappa shape index (κ1) is 17.5. The normalized spacial score (nSPS) is 8.53. The maximum Gasteiger partial charge on any atom is 0.191 e. The monoisotopic (exact) mass is 253 g/mol. The molecule has 0 saturated carbocycles. The molecule has 101 valence electrons. The van der Waals surface area contributed by atoms with E-state index in [1.807, 2.05) is 27.7 Å². The van der Waals surface area contributed by atoms with E-state index in [-0.39, 0.29) is 0 Å². The lowest BCUT2D eigenvalue weighted by Crippen LogP contribution is -2.26. The third-order valence-corrected chi connectivity index (χ3v) is 2.49. The molecule has 0 aliphatic carbocycles. The van der Waals surface area contributed by atoms with Gasteiger partial charge in [0.2, 0.25) is 0 Å². The van der Waals surface area contributed by atoms with Crippen LogP contribution in [-0.2, 0) is 0 Å². The highest BCUT2D eigenvalue weighted by Crippen LogP contribution is 1.94. The Labute approximate surface area is 120 Å². The van der Waals surface area contributed by atoms with Crippen molar-refractivity contribution in [1.29, 1.82) is 0 Å². The molecule has 0 nitrogen and oxygen atoms in total. The third kappa shape index (κ3) is 6.86. The van der Waals surface area contributed by atoms with Crippen molar-refractivity contribution in [3.8, 4) is 0 Å². The number of hydrogen-bond acceptors (Lipinski definition) is 0. The van der Waals surface area contributed by atoms with Gasteiger partial charge in [-0.25, -0.2) is 0 Å². The standard InChI is InChI=1S/C14H14B.2C2H6/c1-11-3-7-13(8-4-11)15-14-9-5-12(2)6-10-14;2*1-2/h3-10H,1-2H3;2*1-2H3. The third-order valence-electron chi connectivity index (χ3n) is 2.49.